The van der Waals surface area contributed by atoms with Gasteiger partial charge in [0.1, 0.15) is 5.82 Å². The Morgan fingerprint density at radius 3 is 2.67 bits per heavy atom. The van der Waals surface area contributed by atoms with Crippen molar-refractivity contribution in [3.8, 4) is 0 Å². The molecule has 1 aromatic carbocycles. The number of imidazole rings is 1. The van der Waals surface area contributed by atoms with E-state index in [1.165, 1.54) is 0 Å². The van der Waals surface area contributed by atoms with Crippen molar-refractivity contribution < 1.29 is 0 Å². The van der Waals surface area contributed by atoms with E-state index in [4.69, 9.17) is 0 Å². The first-order valence-electron chi connectivity index (χ1n) is 5.23. The van der Waals surface area contributed by atoms with Crippen molar-refractivity contribution in [3.63, 3.8) is 0 Å². The third-order valence-electron chi connectivity index (χ3n) is 2.89. The van der Waals surface area contributed by atoms with Gasteiger partial charge < -0.3 is 4.98 Å². The average Bonchev–Trinajstić information content (AvgIpc) is 2.58. The molecule has 0 saturated carbocycles. The van der Waals surface area contributed by atoms with Gasteiger partial charge in [0, 0.05) is 10.4 Å². The minimum atomic E-state index is 0.469. The molecule has 15 heavy (non-hydrogen) atoms. The van der Waals surface area contributed by atoms with Crippen molar-refractivity contribution in [2.24, 2.45) is 5.92 Å². The molecule has 2 nitrogen and oxygen atoms in total. The molecule has 1 unspecified atom stereocenters. The van der Waals surface area contributed by atoms with E-state index in [-0.39, 0.29) is 0 Å². The van der Waals surface area contributed by atoms with Gasteiger partial charge in [-0.2, -0.15) is 0 Å². The molecule has 80 valence electrons. The van der Waals surface area contributed by atoms with E-state index in [0.717, 1.165) is 21.3 Å². The van der Waals surface area contributed by atoms with Crippen LogP contribution in [-0.4, -0.2) is 9.97 Å². The van der Waals surface area contributed by atoms with Crippen molar-refractivity contribution in [2.75, 3.05) is 0 Å². The second kappa shape index (κ2) is 3.97. The Morgan fingerprint density at radius 2 is 2.00 bits per heavy atom. The second-order valence-corrected chi connectivity index (χ2v) is 5.23. The van der Waals surface area contributed by atoms with Crippen molar-refractivity contribution in [1.29, 1.82) is 0 Å². The largest absolute Gasteiger partial charge is 0.342 e. The molecule has 0 saturated heterocycles. The summed E-state index contributed by atoms with van der Waals surface area (Å²) in [7, 11) is 0. The normalized spacial score (nSPS) is 13.7. The standard InChI is InChI=1S/C12H15BrN2/c1-7(2)8(3)12-14-10-5-4-9(13)6-11(10)15-12/h4-8H,1-3H3,(H,14,15). The lowest BCUT2D eigenvalue weighted by Crippen LogP contribution is -2.03. The van der Waals surface area contributed by atoms with E-state index in [1.807, 2.05) is 12.1 Å². The highest BCUT2D eigenvalue weighted by Gasteiger charge is 2.14. The maximum Gasteiger partial charge on any atom is 0.110 e. The average molecular weight is 267 g/mol. The molecule has 0 amide bonds. The van der Waals surface area contributed by atoms with E-state index in [9.17, 15) is 0 Å². The fourth-order valence-electron chi connectivity index (χ4n) is 1.53. The van der Waals surface area contributed by atoms with Crippen LogP contribution >= 0.6 is 15.9 Å². The first-order valence-corrected chi connectivity index (χ1v) is 6.02. The fourth-order valence-corrected chi connectivity index (χ4v) is 1.89. The van der Waals surface area contributed by atoms with Gasteiger partial charge in [-0.3, -0.25) is 0 Å². The SMILES string of the molecule is CC(C)C(C)c1nc2ccc(Br)cc2[nH]1. The first-order chi connectivity index (χ1) is 7.08. The molecule has 2 aromatic rings. The van der Waals surface area contributed by atoms with Gasteiger partial charge in [-0.05, 0) is 24.1 Å². The lowest BCUT2D eigenvalue weighted by Gasteiger charge is -2.11. The van der Waals surface area contributed by atoms with E-state index < -0.39 is 0 Å². The molecule has 0 fully saturated rings. The third kappa shape index (κ3) is 2.07. The summed E-state index contributed by atoms with van der Waals surface area (Å²) in [6.45, 7) is 6.64. The Balaban J connectivity index is 2.47. The number of H-pyrrole nitrogens is 1. The van der Waals surface area contributed by atoms with Crippen LogP contribution in [0.2, 0.25) is 0 Å². The fraction of sp³-hybridized carbons (Fsp3) is 0.417. The Morgan fingerprint density at radius 1 is 1.27 bits per heavy atom. The van der Waals surface area contributed by atoms with E-state index >= 15 is 0 Å². The van der Waals surface area contributed by atoms with Gasteiger partial charge in [0.2, 0.25) is 0 Å². The Hall–Kier alpha value is -0.830. The molecule has 0 aliphatic carbocycles. The Bertz CT molecular complexity index is 473. The van der Waals surface area contributed by atoms with Gasteiger partial charge >= 0.3 is 0 Å². The van der Waals surface area contributed by atoms with Crippen molar-refractivity contribution >= 4 is 27.0 Å². The van der Waals surface area contributed by atoms with Crippen LogP contribution in [0.4, 0.5) is 0 Å². The predicted octanol–water partition coefficient (Wildman–Crippen LogP) is 4.08. The van der Waals surface area contributed by atoms with E-state index in [0.29, 0.717) is 11.8 Å². The lowest BCUT2D eigenvalue weighted by atomic mass is 9.98. The molecule has 3 heteroatoms. The van der Waals surface area contributed by atoms with Crippen LogP contribution in [0.3, 0.4) is 0 Å². The van der Waals surface area contributed by atoms with E-state index in [1.54, 1.807) is 0 Å². The van der Waals surface area contributed by atoms with Crippen molar-refractivity contribution in [1.82, 2.24) is 9.97 Å². The zero-order valence-electron chi connectivity index (χ0n) is 9.21. The number of rotatable bonds is 2. The van der Waals surface area contributed by atoms with Crippen LogP contribution in [0.5, 0.6) is 0 Å². The van der Waals surface area contributed by atoms with Crippen LogP contribution < -0.4 is 0 Å². The molecule has 1 atom stereocenters. The van der Waals surface area contributed by atoms with Gasteiger partial charge in [0.05, 0.1) is 11.0 Å². The Kier molecular flexibility index (Phi) is 2.83. The number of aromatic nitrogens is 2. The Labute approximate surface area is 98.2 Å². The van der Waals surface area contributed by atoms with Gasteiger partial charge in [0.15, 0.2) is 0 Å². The van der Waals surface area contributed by atoms with Gasteiger partial charge in [-0.1, -0.05) is 36.7 Å². The molecule has 2 rings (SSSR count). The zero-order valence-corrected chi connectivity index (χ0v) is 10.8. The summed E-state index contributed by atoms with van der Waals surface area (Å²) in [5.74, 6) is 2.16. The quantitative estimate of drug-likeness (QED) is 0.872. The highest BCUT2D eigenvalue weighted by molar-refractivity contribution is 9.10. The minimum absolute atomic E-state index is 0.469. The molecule has 0 aliphatic rings. The molecule has 0 bridgehead atoms. The molecular weight excluding hydrogens is 252 g/mol. The zero-order chi connectivity index (χ0) is 11.0. The van der Waals surface area contributed by atoms with E-state index in [2.05, 4.69) is 52.7 Å². The molecule has 0 spiro atoms. The number of halogens is 1. The van der Waals surface area contributed by atoms with Crippen LogP contribution in [0, 0.1) is 5.92 Å². The lowest BCUT2D eigenvalue weighted by molar-refractivity contribution is 0.515. The number of nitrogens with zero attached hydrogens (tertiary/aromatic N) is 1. The molecule has 1 aromatic heterocycles. The number of nitrogens with one attached hydrogen (secondary N) is 1. The summed E-state index contributed by atoms with van der Waals surface area (Å²) >= 11 is 3.46. The summed E-state index contributed by atoms with van der Waals surface area (Å²) in [5.41, 5.74) is 2.15. The molecule has 0 radical (unpaired) electrons. The number of hydrogen-bond donors (Lipinski definition) is 1. The highest BCUT2D eigenvalue weighted by atomic mass is 79.9. The van der Waals surface area contributed by atoms with Crippen LogP contribution in [0.1, 0.15) is 32.5 Å². The minimum Gasteiger partial charge on any atom is -0.342 e. The number of benzene rings is 1. The molecule has 1 heterocycles. The van der Waals surface area contributed by atoms with Crippen LogP contribution in [-0.2, 0) is 0 Å². The predicted molar refractivity (Wildman–Crippen MR) is 67.0 cm³/mol. The van der Waals surface area contributed by atoms with Crippen molar-refractivity contribution in [2.45, 2.75) is 26.7 Å². The molecule has 0 aliphatic heterocycles. The third-order valence-corrected chi connectivity index (χ3v) is 3.39. The number of fused-ring (bicyclic) bond motifs is 1. The molecule has 1 N–H and O–H groups in total. The molecular formula is C12H15BrN2. The first kappa shape index (κ1) is 10.7. The number of hydrogen-bond acceptors (Lipinski definition) is 1. The highest BCUT2D eigenvalue weighted by Crippen LogP contribution is 2.25. The maximum atomic E-state index is 4.60. The smallest absolute Gasteiger partial charge is 0.110 e. The van der Waals surface area contributed by atoms with Gasteiger partial charge in [-0.15, -0.1) is 0 Å². The van der Waals surface area contributed by atoms with Crippen LogP contribution in [0.25, 0.3) is 11.0 Å². The maximum absolute atomic E-state index is 4.60. The summed E-state index contributed by atoms with van der Waals surface area (Å²) < 4.78 is 1.09. The summed E-state index contributed by atoms with van der Waals surface area (Å²) in [5, 5.41) is 0. The van der Waals surface area contributed by atoms with Gasteiger partial charge in [0.25, 0.3) is 0 Å². The summed E-state index contributed by atoms with van der Waals surface area (Å²) in [6.07, 6.45) is 0. The monoisotopic (exact) mass is 266 g/mol. The number of aromatic amines is 1. The van der Waals surface area contributed by atoms with Crippen molar-refractivity contribution in [3.05, 3.63) is 28.5 Å². The summed E-state index contributed by atoms with van der Waals surface area (Å²) in [4.78, 5) is 7.98. The van der Waals surface area contributed by atoms with Crippen LogP contribution in [0.15, 0.2) is 22.7 Å². The second-order valence-electron chi connectivity index (χ2n) is 4.32. The summed E-state index contributed by atoms with van der Waals surface area (Å²) in [6, 6.07) is 6.12. The topological polar surface area (TPSA) is 28.7 Å². The van der Waals surface area contributed by atoms with Gasteiger partial charge in [-0.25, -0.2) is 4.98 Å².